The molecule has 0 aromatic heterocycles. The highest BCUT2D eigenvalue weighted by atomic mass is 16.8. The highest BCUT2D eigenvalue weighted by molar-refractivity contribution is 5.69. The lowest BCUT2D eigenvalue weighted by Crippen LogP contribution is -2.33. The molecule has 0 amide bonds. The molecule has 0 bridgehead atoms. The molecule has 2 heterocycles. The monoisotopic (exact) mass is 158 g/mol. The van der Waals surface area contributed by atoms with Crippen molar-refractivity contribution in [2.45, 2.75) is 11.9 Å². The fourth-order valence-electron chi connectivity index (χ4n) is 2.11. The third-order valence-electron chi connectivity index (χ3n) is 2.74. The second-order valence-corrected chi connectivity index (χ2v) is 3.39. The van der Waals surface area contributed by atoms with E-state index in [2.05, 4.69) is 18.2 Å². The lowest BCUT2D eigenvalue weighted by Gasteiger charge is -2.31. The van der Waals surface area contributed by atoms with Crippen molar-refractivity contribution in [1.29, 1.82) is 0 Å². The van der Waals surface area contributed by atoms with Crippen LogP contribution < -0.4 is 4.74 Å². The van der Waals surface area contributed by atoms with Gasteiger partial charge in [-0.25, -0.2) is 0 Å². The summed E-state index contributed by atoms with van der Waals surface area (Å²) in [6, 6.07) is 6.09. The SMILES string of the molecule is C1=CC2OC23Oc2cccc1c23. The molecule has 4 rings (SSSR count). The van der Waals surface area contributed by atoms with Gasteiger partial charge < -0.3 is 9.47 Å². The predicted molar refractivity (Wildman–Crippen MR) is 42.7 cm³/mol. The Hall–Kier alpha value is -1.28. The summed E-state index contributed by atoms with van der Waals surface area (Å²) in [6.45, 7) is 0. The Bertz CT molecular complexity index is 422. The van der Waals surface area contributed by atoms with Crippen molar-refractivity contribution in [2.24, 2.45) is 0 Å². The highest BCUT2D eigenvalue weighted by Crippen LogP contribution is 2.61. The molecule has 3 aliphatic rings. The van der Waals surface area contributed by atoms with E-state index >= 15 is 0 Å². The van der Waals surface area contributed by atoms with E-state index in [4.69, 9.17) is 9.47 Å². The summed E-state index contributed by atoms with van der Waals surface area (Å²) in [5, 5.41) is 0. The molecular formula is C10H6O2. The van der Waals surface area contributed by atoms with Crippen LogP contribution in [0.25, 0.3) is 6.08 Å². The van der Waals surface area contributed by atoms with E-state index in [9.17, 15) is 0 Å². The molecule has 1 fully saturated rings. The van der Waals surface area contributed by atoms with Gasteiger partial charge in [0, 0.05) is 0 Å². The van der Waals surface area contributed by atoms with Gasteiger partial charge in [0.05, 0.1) is 5.56 Å². The first-order chi connectivity index (χ1) is 5.90. The summed E-state index contributed by atoms with van der Waals surface area (Å²) >= 11 is 0. The van der Waals surface area contributed by atoms with Gasteiger partial charge in [0.1, 0.15) is 5.75 Å². The van der Waals surface area contributed by atoms with E-state index in [1.165, 1.54) is 11.1 Å². The van der Waals surface area contributed by atoms with Gasteiger partial charge in [-0.3, -0.25) is 0 Å². The van der Waals surface area contributed by atoms with Crippen LogP contribution in [0.3, 0.4) is 0 Å². The molecule has 1 spiro atoms. The molecule has 1 saturated heterocycles. The van der Waals surface area contributed by atoms with Gasteiger partial charge in [0.15, 0.2) is 6.10 Å². The summed E-state index contributed by atoms with van der Waals surface area (Å²) in [6.07, 6.45) is 4.35. The van der Waals surface area contributed by atoms with E-state index in [0.29, 0.717) is 0 Å². The number of rotatable bonds is 0. The van der Waals surface area contributed by atoms with Crippen molar-refractivity contribution >= 4 is 6.08 Å². The van der Waals surface area contributed by atoms with Gasteiger partial charge in [-0.05, 0) is 17.7 Å². The molecule has 2 nitrogen and oxygen atoms in total. The van der Waals surface area contributed by atoms with Crippen LogP contribution in [0.1, 0.15) is 11.1 Å². The summed E-state index contributed by atoms with van der Waals surface area (Å²) in [5.74, 6) is 0.639. The van der Waals surface area contributed by atoms with Crippen LogP contribution in [0.15, 0.2) is 24.3 Å². The molecule has 1 aliphatic carbocycles. The van der Waals surface area contributed by atoms with Crippen molar-refractivity contribution in [3.8, 4) is 5.75 Å². The Morgan fingerprint density at radius 2 is 2.33 bits per heavy atom. The minimum atomic E-state index is -0.347. The second-order valence-electron chi connectivity index (χ2n) is 3.39. The molecule has 12 heavy (non-hydrogen) atoms. The van der Waals surface area contributed by atoms with Crippen LogP contribution in [0.5, 0.6) is 5.75 Å². The molecule has 2 heteroatoms. The third-order valence-corrected chi connectivity index (χ3v) is 2.74. The molecule has 2 atom stereocenters. The van der Waals surface area contributed by atoms with Gasteiger partial charge >= 0.3 is 0 Å². The van der Waals surface area contributed by atoms with Crippen molar-refractivity contribution in [3.05, 3.63) is 35.4 Å². The zero-order valence-electron chi connectivity index (χ0n) is 6.28. The van der Waals surface area contributed by atoms with E-state index in [0.717, 1.165) is 5.75 Å². The molecule has 2 unspecified atom stereocenters. The Balaban J connectivity index is 2.14. The normalized spacial score (nSPS) is 37.5. The summed E-state index contributed by atoms with van der Waals surface area (Å²) in [4.78, 5) is 0. The molecular weight excluding hydrogens is 152 g/mol. The Kier molecular flexibility index (Phi) is 0.589. The maximum absolute atomic E-state index is 5.55. The van der Waals surface area contributed by atoms with Crippen molar-refractivity contribution in [3.63, 3.8) is 0 Å². The smallest absolute Gasteiger partial charge is 0.272 e. The Morgan fingerprint density at radius 3 is 3.33 bits per heavy atom. The quantitative estimate of drug-likeness (QED) is 0.535. The maximum atomic E-state index is 5.55. The van der Waals surface area contributed by atoms with E-state index in [1.807, 2.05) is 12.1 Å². The largest absolute Gasteiger partial charge is 0.454 e. The average molecular weight is 158 g/mol. The second kappa shape index (κ2) is 1.31. The minimum Gasteiger partial charge on any atom is -0.454 e. The lowest BCUT2D eigenvalue weighted by atomic mass is 9.90. The van der Waals surface area contributed by atoms with Crippen LogP contribution in [0.2, 0.25) is 0 Å². The van der Waals surface area contributed by atoms with Crippen molar-refractivity contribution in [1.82, 2.24) is 0 Å². The fraction of sp³-hybridized carbons (Fsp3) is 0.200. The number of ether oxygens (including phenoxy) is 2. The molecule has 0 N–H and O–H groups in total. The van der Waals surface area contributed by atoms with Crippen molar-refractivity contribution in [2.75, 3.05) is 0 Å². The first-order valence-corrected chi connectivity index (χ1v) is 4.09. The Morgan fingerprint density at radius 1 is 1.33 bits per heavy atom. The van der Waals surface area contributed by atoms with Gasteiger partial charge in [-0.15, -0.1) is 0 Å². The van der Waals surface area contributed by atoms with E-state index in [1.54, 1.807) is 0 Å². The summed E-state index contributed by atoms with van der Waals surface area (Å²) in [5.41, 5.74) is 2.49. The first kappa shape index (κ1) is 5.38. The predicted octanol–water partition coefficient (Wildman–Crippen LogP) is 1.66. The number of epoxide rings is 1. The van der Waals surface area contributed by atoms with Crippen LogP contribution in [-0.4, -0.2) is 6.10 Å². The third kappa shape index (κ3) is 0.365. The lowest BCUT2D eigenvalue weighted by molar-refractivity contribution is 0.0113. The number of hydrogen-bond acceptors (Lipinski definition) is 2. The molecule has 1 aromatic rings. The fourth-order valence-corrected chi connectivity index (χ4v) is 2.11. The molecule has 0 radical (unpaired) electrons. The Labute approximate surface area is 69.4 Å². The summed E-state index contributed by atoms with van der Waals surface area (Å²) in [7, 11) is 0. The van der Waals surface area contributed by atoms with E-state index < -0.39 is 0 Å². The van der Waals surface area contributed by atoms with Gasteiger partial charge in [-0.2, -0.15) is 0 Å². The highest BCUT2D eigenvalue weighted by Gasteiger charge is 2.68. The topological polar surface area (TPSA) is 21.8 Å². The first-order valence-electron chi connectivity index (χ1n) is 4.09. The van der Waals surface area contributed by atoms with Crippen LogP contribution >= 0.6 is 0 Å². The molecule has 0 saturated carbocycles. The van der Waals surface area contributed by atoms with Crippen LogP contribution in [-0.2, 0) is 10.5 Å². The van der Waals surface area contributed by atoms with Crippen molar-refractivity contribution < 1.29 is 9.47 Å². The standard InChI is InChI=1S/C10H6O2/c1-2-6-4-5-8-10(12-8)9(6)7(3-1)11-10/h1-5,8H. The zero-order chi connectivity index (χ0) is 7.76. The van der Waals surface area contributed by atoms with Crippen LogP contribution in [0.4, 0.5) is 0 Å². The van der Waals surface area contributed by atoms with Gasteiger partial charge in [0.2, 0.25) is 0 Å². The number of benzene rings is 1. The maximum Gasteiger partial charge on any atom is 0.272 e. The minimum absolute atomic E-state index is 0.180. The molecule has 1 aromatic carbocycles. The van der Waals surface area contributed by atoms with Crippen LogP contribution in [0, 0.1) is 0 Å². The van der Waals surface area contributed by atoms with Gasteiger partial charge in [0.25, 0.3) is 5.79 Å². The average Bonchev–Trinajstić information content (AvgIpc) is 2.77. The molecule has 58 valence electrons. The summed E-state index contributed by atoms with van der Waals surface area (Å²) < 4.78 is 11.0. The zero-order valence-corrected chi connectivity index (χ0v) is 6.28. The number of hydrogen-bond donors (Lipinski definition) is 0. The molecule has 2 aliphatic heterocycles. The van der Waals surface area contributed by atoms with E-state index in [-0.39, 0.29) is 11.9 Å². The van der Waals surface area contributed by atoms with Gasteiger partial charge in [-0.1, -0.05) is 18.2 Å².